The summed E-state index contributed by atoms with van der Waals surface area (Å²) in [6, 6.07) is 12.0. The van der Waals surface area contributed by atoms with Gasteiger partial charge >= 0.3 is 0 Å². The molecule has 5 heteroatoms. The third kappa shape index (κ3) is 4.84. The Hall–Kier alpha value is -2.43. The number of aromatic nitrogens is 2. The first-order valence-corrected chi connectivity index (χ1v) is 7.60. The molecule has 0 aliphatic carbocycles. The van der Waals surface area contributed by atoms with E-state index >= 15 is 0 Å². The molecule has 2 N–H and O–H groups in total. The third-order valence-electron chi connectivity index (χ3n) is 3.42. The Labute approximate surface area is 131 Å². The van der Waals surface area contributed by atoms with E-state index in [9.17, 15) is 4.79 Å². The van der Waals surface area contributed by atoms with Gasteiger partial charge in [-0.2, -0.15) is 0 Å². The summed E-state index contributed by atoms with van der Waals surface area (Å²) in [4.78, 5) is 20.5. The maximum atomic E-state index is 12.1. The minimum absolute atomic E-state index is 0.175. The maximum absolute atomic E-state index is 12.1. The number of carbonyl (C=O) groups excluding carboxylic acids is 1. The standard InChI is InChI=1S/C17H22N4O/c1-3-13(2)20-17-19-12-10-15(21-17)16(22)18-11-9-14-7-5-4-6-8-14/h4-8,10,12-13H,3,9,11H2,1-2H3,(H,18,22)(H,19,20,21). The molecule has 2 aromatic rings. The molecule has 0 aliphatic heterocycles. The van der Waals surface area contributed by atoms with Gasteiger partial charge in [0.25, 0.3) is 5.91 Å². The summed E-state index contributed by atoms with van der Waals surface area (Å²) in [5.74, 6) is 0.315. The summed E-state index contributed by atoms with van der Waals surface area (Å²) >= 11 is 0. The van der Waals surface area contributed by atoms with E-state index in [1.807, 2.05) is 30.3 Å². The summed E-state index contributed by atoms with van der Waals surface area (Å²) in [5, 5.41) is 6.05. The Morgan fingerprint density at radius 1 is 1.23 bits per heavy atom. The Morgan fingerprint density at radius 2 is 2.00 bits per heavy atom. The van der Waals surface area contributed by atoms with E-state index in [1.165, 1.54) is 5.56 Å². The van der Waals surface area contributed by atoms with Crippen LogP contribution in [-0.4, -0.2) is 28.5 Å². The largest absolute Gasteiger partial charge is 0.352 e. The highest BCUT2D eigenvalue weighted by molar-refractivity contribution is 5.92. The molecule has 0 fully saturated rings. The zero-order chi connectivity index (χ0) is 15.8. The molecule has 0 aliphatic rings. The van der Waals surface area contributed by atoms with Gasteiger partial charge in [0.05, 0.1) is 0 Å². The van der Waals surface area contributed by atoms with Gasteiger partial charge in [0.1, 0.15) is 5.69 Å². The van der Waals surface area contributed by atoms with Gasteiger partial charge in [0, 0.05) is 18.8 Å². The van der Waals surface area contributed by atoms with E-state index in [0.29, 0.717) is 18.2 Å². The molecule has 1 unspecified atom stereocenters. The minimum Gasteiger partial charge on any atom is -0.352 e. The molecule has 116 valence electrons. The molecule has 0 saturated heterocycles. The van der Waals surface area contributed by atoms with Crippen molar-refractivity contribution >= 4 is 11.9 Å². The van der Waals surface area contributed by atoms with Crippen LogP contribution in [0.1, 0.15) is 36.3 Å². The summed E-state index contributed by atoms with van der Waals surface area (Å²) in [6.07, 6.45) is 3.37. The maximum Gasteiger partial charge on any atom is 0.270 e. The number of hydrogen-bond donors (Lipinski definition) is 2. The second-order valence-corrected chi connectivity index (χ2v) is 5.21. The number of rotatable bonds is 7. The normalized spacial score (nSPS) is 11.7. The molecular weight excluding hydrogens is 276 g/mol. The predicted molar refractivity (Wildman–Crippen MR) is 87.9 cm³/mol. The second-order valence-electron chi connectivity index (χ2n) is 5.21. The summed E-state index contributed by atoms with van der Waals surface area (Å²) in [7, 11) is 0. The monoisotopic (exact) mass is 298 g/mol. The zero-order valence-electron chi connectivity index (χ0n) is 13.0. The van der Waals surface area contributed by atoms with Crippen molar-refractivity contribution in [2.75, 3.05) is 11.9 Å². The van der Waals surface area contributed by atoms with Gasteiger partial charge in [-0.1, -0.05) is 37.3 Å². The van der Waals surface area contributed by atoms with Crippen molar-refractivity contribution in [1.29, 1.82) is 0 Å². The lowest BCUT2D eigenvalue weighted by atomic mass is 10.1. The molecule has 0 bridgehead atoms. The van der Waals surface area contributed by atoms with Crippen LogP contribution in [0.15, 0.2) is 42.6 Å². The SMILES string of the molecule is CCC(C)Nc1nccc(C(=O)NCCc2ccccc2)n1. The molecule has 1 heterocycles. The van der Waals surface area contributed by atoms with Crippen LogP contribution in [0.3, 0.4) is 0 Å². The first kappa shape index (κ1) is 15.9. The number of nitrogens with zero attached hydrogens (tertiary/aromatic N) is 2. The van der Waals surface area contributed by atoms with Crippen molar-refractivity contribution in [3.63, 3.8) is 0 Å². The topological polar surface area (TPSA) is 66.9 Å². The predicted octanol–water partition coefficient (Wildman–Crippen LogP) is 2.66. The molecule has 1 atom stereocenters. The Bertz CT molecular complexity index is 601. The molecule has 0 radical (unpaired) electrons. The molecule has 0 spiro atoms. The number of anilines is 1. The van der Waals surface area contributed by atoms with Crippen molar-refractivity contribution in [3.8, 4) is 0 Å². The van der Waals surface area contributed by atoms with Crippen LogP contribution in [0, 0.1) is 0 Å². The van der Waals surface area contributed by atoms with Gasteiger partial charge in [0.15, 0.2) is 0 Å². The van der Waals surface area contributed by atoms with Crippen LogP contribution in [0.5, 0.6) is 0 Å². The highest BCUT2D eigenvalue weighted by Crippen LogP contribution is 2.04. The van der Waals surface area contributed by atoms with Crippen LogP contribution >= 0.6 is 0 Å². The van der Waals surface area contributed by atoms with E-state index in [1.54, 1.807) is 12.3 Å². The molecule has 2 rings (SSSR count). The lowest BCUT2D eigenvalue weighted by Crippen LogP contribution is -2.27. The number of benzene rings is 1. The van der Waals surface area contributed by atoms with E-state index in [-0.39, 0.29) is 11.9 Å². The van der Waals surface area contributed by atoms with Crippen molar-refractivity contribution in [3.05, 3.63) is 53.9 Å². The van der Waals surface area contributed by atoms with Gasteiger partial charge in [-0.15, -0.1) is 0 Å². The second kappa shape index (κ2) is 8.12. The van der Waals surface area contributed by atoms with Crippen molar-refractivity contribution in [2.24, 2.45) is 0 Å². The third-order valence-corrected chi connectivity index (χ3v) is 3.42. The number of hydrogen-bond acceptors (Lipinski definition) is 4. The van der Waals surface area contributed by atoms with E-state index < -0.39 is 0 Å². The number of nitrogens with one attached hydrogen (secondary N) is 2. The highest BCUT2D eigenvalue weighted by Gasteiger charge is 2.09. The summed E-state index contributed by atoms with van der Waals surface area (Å²) in [6.45, 7) is 4.72. The molecule has 1 aromatic heterocycles. The number of amides is 1. The van der Waals surface area contributed by atoms with E-state index in [4.69, 9.17) is 0 Å². The van der Waals surface area contributed by atoms with E-state index in [0.717, 1.165) is 12.8 Å². The van der Waals surface area contributed by atoms with Crippen LogP contribution in [0.4, 0.5) is 5.95 Å². The average Bonchev–Trinajstić information content (AvgIpc) is 2.56. The quantitative estimate of drug-likeness (QED) is 0.824. The molecule has 5 nitrogen and oxygen atoms in total. The van der Waals surface area contributed by atoms with E-state index in [2.05, 4.69) is 34.4 Å². The van der Waals surface area contributed by atoms with Gasteiger partial charge < -0.3 is 10.6 Å². The smallest absolute Gasteiger partial charge is 0.270 e. The average molecular weight is 298 g/mol. The summed E-state index contributed by atoms with van der Waals surface area (Å²) < 4.78 is 0. The zero-order valence-corrected chi connectivity index (χ0v) is 13.0. The lowest BCUT2D eigenvalue weighted by molar-refractivity contribution is 0.0949. The Balaban J connectivity index is 1.88. The van der Waals surface area contributed by atoms with Gasteiger partial charge in [-0.05, 0) is 31.4 Å². The van der Waals surface area contributed by atoms with Crippen molar-refractivity contribution in [2.45, 2.75) is 32.7 Å². The molecule has 22 heavy (non-hydrogen) atoms. The van der Waals surface area contributed by atoms with Gasteiger partial charge in [-0.25, -0.2) is 9.97 Å². The summed E-state index contributed by atoms with van der Waals surface area (Å²) in [5.41, 5.74) is 1.58. The fraction of sp³-hybridized carbons (Fsp3) is 0.353. The van der Waals surface area contributed by atoms with Crippen LogP contribution in [0.25, 0.3) is 0 Å². The van der Waals surface area contributed by atoms with Gasteiger partial charge in [0.2, 0.25) is 5.95 Å². The van der Waals surface area contributed by atoms with Gasteiger partial charge in [-0.3, -0.25) is 4.79 Å². The molecular formula is C17H22N4O. The molecule has 1 aromatic carbocycles. The number of carbonyl (C=O) groups is 1. The highest BCUT2D eigenvalue weighted by atomic mass is 16.1. The Kier molecular flexibility index (Phi) is 5.89. The first-order chi connectivity index (χ1) is 10.7. The minimum atomic E-state index is -0.175. The Morgan fingerprint density at radius 3 is 2.73 bits per heavy atom. The molecule has 0 saturated carbocycles. The van der Waals surface area contributed by atoms with Crippen LogP contribution in [-0.2, 0) is 6.42 Å². The fourth-order valence-electron chi connectivity index (χ4n) is 1.93. The lowest BCUT2D eigenvalue weighted by Gasteiger charge is -2.11. The fourth-order valence-corrected chi connectivity index (χ4v) is 1.93. The molecule has 1 amide bonds. The first-order valence-electron chi connectivity index (χ1n) is 7.60. The van der Waals surface area contributed by atoms with Crippen LogP contribution < -0.4 is 10.6 Å². The van der Waals surface area contributed by atoms with Crippen molar-refractivity contribution < 1.29 is 4.79 Å². The van der Waals surface area contributed by atoms with Crippen molar-refractivity contribution in [1.82, 2.24) is 15.3 Å². The van der Waals surface area contributed by atoms with Crippen LogP contribution in [0.2, 0.25) is 0 Å².